The van der Waals surface area contributed by atoms with Crippen molar-refractivity contribution in [3.05, 3.63) is 34.9 Å². The smallest absolute Gasteiger partial charge is 0.230 e. The monoisotopic (exact) mass is 446 g/mol. The lowest BCUT2D eigenvalue weighted by molar-refractivity contribution is -0.120. The number of carbonyl (C=O) groups excluding carboxylic acids is 1. The first-order valence-corrected chi connectivity index (χ1v) is 12.3. The predicted octanol–water partition coefficient (Wildman–Crippen LogP) is 3.09. The topological polar surface area (TPSA) is 92.3 Å². The van der Waals surface area contributed by atoms with E-state index >= 15 is 0 Å². The molecule has 0 unspecified atom stereocenters. The molecule has 7 nitrogen and oxygen atoms in total. The van der Waals surface area contributed by atoms with E-state index in [0.29, 0.717) is 35.1 Å². The van der Waals surface area contributed by atoms with Crippen molar-refractivity contribution in [2.24, 2.45) is 5.92 Å². The second kappa shape index (κ2) is 8.87. The van der Waals surface area contributed by atoms with Crippen molar-refractivity contribution < 1.29 is 13.2 Å². The lowest BCUT2D eigenvalue weighted by Gasteiger charge is -2.31. The van der Waals surface area contributed by atoms with Crippen LogP contribution in [0.15, 0.2) is 28.6 Å². The Labute approximate surface area is 171 Å². The summed E-state index contributed by atoms with van der Waals surface area (Å²) in [6, 6.07) is 6.81. The Balaban J connectivity index is 1.64. The summed E-state index contributed by atoms with van der Waals surface area (Å²) in [5, 5.41) is 11.5. The standard InChI is InChI=1S/C16H19ClN4O3S3/c1-25-16-20-19-15(26-16)18-14(22)12-5-3-7-21(9-12)27(23,24)10-11-4-2-6-13(17)8-11/h2,4,6,8,12H,3,5,7,9-10H2,1H3,(H,18,19,22)/t12-/m1/s1. The van der Waals surface area contributed by atoms with Crippen LogP contribution in [0.5, 0.6) is 0 Å². The van der Waals surface area contributed by atoms with Crippen molar-refractivity contribution in [1.82, 2.24) is 14.5 Å². The van der Waals surface area contributed by atoms with Gasteiger partial charge >= 0.3 is 0 Å². The van der Waals surface area contributed by atoms with Crippen LogP contribution < -0.4 is 5.32 Å². The first kappa shape index (κ1) is 20.5. The van der Waals surface area contributed by atoms with Crippen LogP contribution in [0.25, 0.3) is 0 Å². The van der Waals surface area contributed by atoms with Gasteiger partial charge in [0.05, 0.1) is 11.7 Å². The summed E-state index contributed by atoms with van der Waals surface area (Å²) in [6.45, 7) is 0.588. The third-order valence-corrected chi connectivity index (χ3v) is 8.06. The van der Waals surface area contributed by atoms with Crippen molar-refractivity contribution in [3.63, 3.8) is 0 Å². The number of halogens is 1. The maximum absolute atomic E-state index is 12.8. The molecule has 3 rings (SSSR count). The van der Waals surface area contributed by atoms with Gasteiger partial charge in [-0.2, -0.15) is 0 Å². The zero-order valence-electron chi connectivity index (χ0n) is 14.6. The van der Waals surface area contributed by atoms with E-state index in [9.17, 15) is 13.2 Å². The molecule has 2 heterocycles. The van der Waals surface area contributed by atoms with E-state index in [-0.39, 0.29) is 18.2 Å². The van der Waals surface area contributed by atoms with E-state index in [2.05, 4.69) is 15.5 Å². The predicted molar refractivity (Wildman–Crippen MR) is 109 cm³/mol. The fourth-order valence-electron chi connectivity index (χ4n) is 2.89. The molecule has 146 valence electrons. The average Bonchev–Trinajstić information content (AvgIpc) is 3.09. The minimum absolute atomic E-state index is 0.130. The Kier molecular flexibility index (Phi) is 6.74. The summed E-state index contributed by atoms with van der Waals surface area (Å²) in [5.41, 5.74) is 0.632. The van der Waals surface area contributed by atoms with Gasteiger partial charge in [-0.1, -0.05) is 46.8 Å². The summed E-state index contributed by atoms with van der Waals surface area (Å²) in [4.78, 5) is 12.5. The zero-order chi connectivity index (χ0) is 19.4. The van der Waals surface area contributed by atoms with Crippen LogP contribution in [0.3, 0.4) is 0 Å². The van der Waals surface area contributed by atoms with Crippen molar-refractivity contribution >= 4 is 55.8 Å². The normalized spacial score (nSPS) is 18.4. The van der Waals surface area contributed by atoms with Gasteiger partial charge in [-0.3, -0.25) is 4.79 Å². The van der Waals surface area contributed by atoms with Gasteiger partial charge in [0.25, 0.3) is 0 Å². The average molecular weight is 447 g/mol. The van der Waals surface area contributed by atoms with Gasteiger partial charge in [-0.25, -0.2) is 12.7 Å². The molecule has 0 saturated carbocycles. The zero-order valence-corrected chi connectivity index (χ0v) is 17.8. The maximum Gasteiger partial charge on any atom is 0.230 e. The van der Waals surface area contributed by atoms with Gasteiger partial charge in [0.1, 0.15) is 0 Å². The van der Waals surface area contributed by atoms with E-state index in [0.717, 1.165) is 4.34 Å². The van der Waals surface area contributed by atoms with Crippen molar-refractivity contribution in [3.8, 4) is 0 Å². The molecule has 1 aliphatic rings. The Hall–Kier alpha value is -1.20. The van der Waals surface area contributed by atoms with E-state index in [4.69, 9.17) is 11.6 Å². The number of thioether (sulfide) groups is 1. The first-order chi connectivity index (χ1) is 12.9. The molecular weight excluding hydrogens is 428 g/mol. The molecule has 0 bridgehead atoms. The van der Waals surface area contributed by atoms with Gasteiger partial charge in [-0.15, -0.1) is 10.2 Å². The summed E-state index contributed by atoms with van der Waals surface area (Å²) in [6.07, 6.45) is 3.16. The summed E-state index contributed by atoms with van der Waals surface area (Å²) < 4.78 is 27.7. The molecule has 2 aromatic rings. The summed E-state index contributed by atoms with van der Waals surface area (Å²) in [7, 11) is -3.53. The van der Waals surface area contributed by atoms with Gasteiger partial charge in [-0.05, 0) is 36.8 Å². The molecule has 11 heteroatoms. The molecule has 1 aromatic heterocycles. The number of aromatic nitrogens is 2. The Morgan fingerprint density at radius 3 is 2.96 bits per heavy atom. The highest BCUT2D eigenvalue weighted by Gasteiger charge is 2.32. The molecule has 1 atom stereocenters. The first-order valence-electron chi connectivity index (χ1n) is 8.28. The highest BCUT2D eigenvalue weighted by Crippen LogP contribution is 2.26. The molecule has 1 amide bonds. The number of sulfonamides is 1. The van der Waals surface area contributed by atoms with Crippen molar-refractivity contribution in [2.75, 3.05) is 24.7 Å². The number of benzene rings is 1. The largest absolute Gasteiger partial charge is 0.300 e. The van der Waals surface area contributed by atoms with Crippen LogP contribution >= 0.6 is 34.7 Å². The molecule has 1 fully saturated rings. The molecule has 1 saturated heterocycles. The highest BCUT2D eigenvalue weighted by atomic mass is 35.5. The fourth-order valence-corrected chi connectivity index (χ4v) is 5.87. The van der Waals surface area contributed by atoms with Crippen LogP contribution in [0.4, 0.5) is 5.13 Å². The molecule has 1 aromatic carbocycles. The molecule has 1 N–H and O–H groups in total. The molecule has 0 spiro atoms. The minimum Gasteiger partial charge on any atom is -0.300 e. The van der Waals surface area contributed by atoms with Crippen molar-refractivity contribution in [1.29, 1.82) is 0 Å². The second-order valence-corrected chi connectivity index (χ2v) is 10.6. The Bertz CT molecular complexity index is 919. The van der Waals surface area contributed by atoms with Crippen LogP contribution in [0, 0.1) is 5.92 Å². The Morgan fingerprint density at radius 2 is 2.26 bits per heavy atom. The number of hydrogen-bond donors (Lipinski definition) is 1. The van der Waals surface area contributed by atoms with Gasteiger partial charge in [0.15, 0.2) is 4.34 Å². The van der Waals surface area contributed by atoms with Crippen LogP contribution in [0.2, 0.25) is 5.02 Å². The SMILES string of the molecule is CSc1nnc(NC(=O)[C@@H]2CCCN(S(=O)(=O)Cc3cccc(Cl)c3)C2)s1. The Morgan fingerprint density at radius 1 is 1.44 bits per heavy atom. The number of rotatable bonds is 6. The van der Waals surface area contributed by atoms with Crippen LogP contribution in [-0.2, 0) is 20.6 Å². The van der Waals surface area contributed by atoms with Gasteiger partial charge < -0.3 is 5.32 Å². The molecule has 1 aliphatic heterocycles. The number of piperidine rings is 1. The summed E-state index contributed by atoms with van der Waals surface area (Å²) in [5.74, 6) is -0.758. The van der Waals surface area contributed by atoms with Gasteiger partial charge in [0, 0.05) is 18.1 Å². The lowest BCUT2D eigenvalue weighted by Crippen LogP contribution is -2.44. The lowest BCUT2D eigenvalue weighted by atomic mass is 9.99. The van der Waals surface area contributed by atoms with Crippen LogP contribution in [-0.4, -0.2) is 48.2 Å². The quantitative estimate of drug-likeness (QED) is 0.541. The molecule has 0 aliphatic carbocycles. The maximum atomic E-state index is 12.8. The number of nitrogens with zero attached hydrogens (tertiary/aromatic N) is 3. The van der Waals surface area contributed by atoms with E-state index in [1.54, 1.807) is 24.3 Å². The molecule has 0 radical (unpaired) electrons. The fraction of sp³-hybridized carbons (Fsp3) is 0.438. The third kappa shape index (κ3) is 5.41. The number of nitrogens with one attached hydrogen (secondary N) is 1. The van der Waals surface area contributed by atoms with Crippen LogP contribution in [0.1, 0.15) is 18.4 Å². The number of hydrogen-bond acceptors (Lipinski definition) is 7. The minimum atomic E-state index is -3.53. The number of carbonyl (C=O) groups is 1. The van der Waals surface area contributed by atoms with E-state index in [1.165, 1.54) is 27.4 Å². The van der Waals surface area contributed by atoms with E-state index < -0.39 is 15.9 Å². The second-order valence-electron chi connectivity index (χ2n) is 6.15. The van der Waals surface area contributed by atoms with E-state index in [1.807, 2.05) is 6.26 Å². The molecule has 27 heavy (non-hydrogen) atoms. The third-order valence-electron chi connectivity index (χ3n) is 4.20. The van der Waals surface area contributed by atoms with Crippen molar-refractivity contribution in [2.45, 2.75) is 22.9 Å². The summed E-state index contributed by atoms with van der Waals surface area (Å²) >= 11 is 8.69. The number of anilines is 1. The number of amides is 1. The highest BCUT2D eigenvalue weighted by molar-refractivity contribution is 8.00. The van der Waals surface area contributed by atoms with Gasteiger partial charge in [0.2, 0.25) is 21.1 Å². The molecular formula is C16H19ClN4O3S3.